The summed E-state index contributed by atoms with van der Waals surface area (Å²) in [6.07, 6.45) is 5.47. The Balaban J connectivity index is 2.08. The summed E-state index contributed by atoms with van der Waals surface area (Å²) in [5.74, 6) is 0.852. The van der Waals surface area contributed by atoms with Gasteiger partial charge in [-0.25, -0.2) is 0 Å². The van der Waals surface area contributed by atoms with Crippen LogP contribution in [0, 0.1) is 0 Å². The van der Waals surface area contributed by atoms with Crippen molar-refractivity contribution >= 4 is 5.82 Å². The molecule has 12 heavy (non-hydrogen) atoms. The largest absolute Gasteiger partial charge is 0.354 e. The Morgan fingerprint density at radius 2 is 1.92 bits per heavy atom. The van der Waals surface area contributed by atoms with E-state index in [1.165, 1.54) is 19.3 Å². The first-order valence-corrected chi connectivity index (χ1v) is 4.23. The Bertz CT molecular complexity index is 231. The molecule has 1 aromatic rings. The van der Waals surface area contributed by atoms with E-state index in [-0.39, 0.29) is 0 Å². The van der Waals surface area contributed by atoms with Gasteiger partial charge in [-0.3, -0.25) is 0 Å². The van der Waals surface area contributed by atoms with E-state index in [2.05, 4.69) is 25.5 Å². The molecule has 0 spiro atoms. The van der Waals surface area contributed by atoms with E-state index in [1.807, 2.05) is 0 Å². The summed E-state index contributed by atoms with van der Waals surface area (Å²) in [6.45, 7) is 2.14. The average molecular weight is 165 g/mol. The number of rotatable bonds is 1. The van der Waals surface area contributed by atoms with Crippen molar-refractivity contribution in [3.8, 4) is 0 Å². The summed E-state index contributed by atoms with van der Waals surface area (Å²) in [6, 6.07) is 0. The van der Waals surface area contributed by atoms with Crippen LogP contribution >= 0.6 is 0 Å². The Kier molecular flexibility index (Phi) is 2.11. The van der Waals surface area contributed by atoms with Crippen molar-refractivity contribution in [2.75, 3.05) is 18.0 Å². The van der Waals surface area contributed by atoms with Gasteiger partial charge in [-0.2, -0.15) is 0 Å². The first-order chi connectivity index (χ1) is 5.97. The molecular formula is C7H11N5. The molecule has 1 aliphatic heterocycles. The Morgan fingerprint density at radius 1 is 1.08 bits per heavy atom. The van der Waals surface area contributed by atoms with Gasteiger partial charge in [0.1, 0.15) is 0 Å². The maximum absolute atomic E-state index is 3.90. The van der Waals surface area contributed by atoms with Crippen molar-refractivity contribution < 1.29 is 0 Å². The van der Waals surface area contributed by atoms with Gasteiger partial charge in [0, 0.05) is 13.1 Å². The molecule has 0 amide bonds. The minimum absolute atomic E-state index is 0.852. The third-order valence-corrected chi connectivity index (χ3v) is 2.09. The minimum Gasteiger partial charge on any atom is -0.354 e. The molecule has 0 aromatic carbocycles. The van der Waals surface area contributed by atoms with Gasteiger partial charge in [0.25, 0.3) is 0 Å². The molecule has 0 radical (unpaired) electrons. The SMILES string of the molecule is c1nnnnc1N1CCCCC1. The van der Waals surface area contributed by atoms with E-state index in [0.717, 1.165) is 18.9 Å². The highest BCUT2D eigenvalue weighted by atomic mass is 15.4. The molecule has 0 N–H and O–H groups in total. The summed E-state index contributed by atoms with van der Waals surface area (Å²) in [5, 5.41) is 14.5. The second-order valence-corrected chi connectivity index (χ2v) is 2.93. The van der Waals surface area contributed by atoms with Gasteiger partial charge in [0.15, 0.2) is 5.82 Å². The number of hydrogen-bond donors (Lipinski definition) is 0. The van der Waals surface area contributed by atoms with Crippen LogP contribution in [-0.2, 0) is 0 Å². The number of anilines is 1. The molecular weight excluding hydrogens is 154 g/mol. The Labute approximate surface area is 70.8 Å². The maximum Gasteiger partial charge on any atom is 0.173 e. The lowest BCUT2D eigenvalue weighted by molar-refractivity contribution is 0.565. The van der Waals surface area contributed by atoms with Crippen LogP contribution in [0.4, 0.5) is 5.82 Å². The van der Waals surface area contributed by atoms with Gasteiger partial charge in [-0.15, -0.1) is 10.2 Å². The van der Waals surface area contributed by atoms with Crippen LogP contribution in [0.2, 0.25) is 0 Å². The minimum atomic E-state index is 0.852. The fourth-order valence-electron chi connectivity index (χ4n) is 1.46. The highest BCUT2D eigenvalue weighted by molar-refractivity contribution is 5.33. The number of hydrogen-bond acceptors (Lipinski definition) is 5. The molecule has 0 aliphatic carbocycles. The molecule has 1 fully saturated rings. The van der Waals surface area contributed by atoms with E-state index in [0.29, 0.717) is 0 Å². The predicted octanol–water partition coefficient (Wildman–Crippen LogP) is 0.257. The third-order valence-electron chi connectivity index (χ3n) is 2.09. The predicted molar refractivity (Wildman–Crippen MR) is 43.7 cm³/mol. The van der Waals surface area contributed by atoms with Crippen LogP contribution in [0.25, 0.3) is 0 Å². The lowest BCUT2D eigenvalue weighted by Gasteiger charge is -2.26. The van der Waals surface area contributed by atoms with Crippen LogP contribution in [0.3, 0.4) is 0 Å². The molecule has 2 heterocycles. The van der Waals surface area contributed by atoms with Crippen molar-refractivity contribution in [1.29, 1.82) is 0 Å². The molecule has 0 unspecified atom stereocenters. The molecule has 0 saturated carbocycles. The summed E-state index contributed by atoms with van der Waals surface area (Å²) in [7, 11) is 0. The fourth-order valence-corrected chi connectivity index (χ4v) is 1.46. The molecule has 5 nitrogen and oxygen atoms in total. The van der Waals surface area contributed by atoms with Gasteiger partial charge in [-0.05, 0) is 29.7 Å². The average Bonchev–Trinajstić information content (AvgIpc) is 2.21. The fraction of sp³-hybridized carbons (Fsp3) is 0.714. The number of nitrogens with zero attached hydrogens (tertiary/aromatic N) is 5. The molecule has 1 saturated heterocycles. The third kappa shape index (κ3) is 1.49. The van der Waals surface area contributed by atoms with Crippen LogP contribution in [-0.4, -0.2) is 33.7 Å². The Hall–Kier alpha value is -1.26. The van der Waals surface area contributed by atoms with Crippen molar-refractivity contribution in [3.63, 3.8) is 0 Å². The summed E-state index contributed by atoms with van der Waals surface area (Å²) in [4.78, 5) is 2.20. The van der Waals surface area contributed by atoms with Crippen molar-refractivity contribution in [2.24, 2.45) is 0 Å². The van der Waals surface area contributed by atoms with E-state index >= 15 is 0 Å². The monoisotopic (exact) mass is 165 g/mol. The van der Waals surface area contributed by atoms with Gasteiger partial charge in [0.2, 0.25) is 0 Å². The highest BCUT2D eigenvalue weighted by Crippen LogP contribution is 2.14. The zero-order chi connectivity index (χ0) is 8.23. The number of piperidine rings is 1. The molecule has 0 atom stereocenters. The smallest absolute Gasteiger partial charge is 0.173 e. The lowest BCUT2D eigenvalue weighted by Crippen LogP contribution is -2.30. The van der Waals surface area contributed by atoms with E-state index in [9.17, 15) is 0 Å². The van der Waals surface area contributed by atoms with Crippen LogP contribution < -0.4 is 4.90 Å². The van der Waals surface area contributed by atoms with Crippen molar-refractivity contribution in [3.05, 3.63) is 6.20 Å². The molecule has 0 bridgehead atoms. The van der Waals surface area contributed by atoms with Gasteiger partial charge < -0.3 is 4.90 Å². The summed E-state index contributed by atoms with van der Waals surface area (Å²) in [5.41, 5.74) is 0. The highest BCUT2D eigenvalue weighted by Gasteiger charge is 2.11. The molecule has 5 heteroatoms. The molecule has 1 aliphatic rings. The van der Waals surface area contributed by atoms with Gasteiger partial charge in [0.05, 0.1) is 6.20 Å². The maximum atomic E-state index is 3.90. The molecule has 64 valence electrons. The summed E-state index contributed by atoms with van der Waals surface area (Å²) < 4.78 is 0. The quantitative estimate of drug-likeness (QED) is 0.597. The first kappa shape index (κ1) is 7.39. The normalized spacial score (nSPS) is 17.8. The van der Waals surface area contributed by atoms with E-state index in [1.54, 1.807) is 6.20 Å². The zero-order valence-electron chi connectivity index (χ0n) is 6.85. The second kappa shape index (κ2) is 3.42. The lowest BCUT2D eigenvalue weighted by atomic mass is 10.1. The van der Waals surface area contributed by atoms with Gasteiger partial charge >= 0.3 is 0 Å². The van der Waals surface area contributed by atoms with E-state index in [4.69, 9.17) is 0 Å². The standard InChI is InChI=1S/C7H11N5/c1-2-4-12(5-3-1)7-6-8-10-11-9-7/h6H,1-5H2. The van der Waals surface area contributed by atoms with Crippen LogP contribution in [0.15, 0.2) is 6.20 Å². The van der Waals surface area contributed by atoms with Crippen molar-refractivity contribution in [2.45, 2.75) is 19.3 Å². The molecule has 2 rings (SSSR count). The second-order valence-electron chi connectivity index (χ2n) is 2.93. The van der Waals surface area contributed by atoms with Gasteiger partial charge in [-0.1, -0.05) is 0 Å². The van der Waals surface area contributed by atoms with Crippen LogP contribution in [0.1, 0.15) is 19.3 Å². The van der Waals surface area contributed by atoms with Crippen LogP contribution in [0.5, 0.6) is 0 Å². The van der Waals surface area contributed by atoms with E-state index < -0.39 is 0 Å². The first-order valence-electron chi connectivity index (χ1n) is 4.23. The van der Waals surface area contributed by atoms with Crippen molar-refractivity contribution in [1.82, 2.24) is 20.6 Å². The Morgan fingerprint density at radius 3 is 2.58 bits per heavy atom. The molecule has 1 aromatic heterocycles. The summed E-state index contributed by atoms with van der Waals surface area (Å²) >= 11 is 0. The number of aromatic nitrogens is 4. The zero-order valence-corrected chi connectivity index (χ0v) is 6.85. The topological polar surface area (TPSA) is 54.8 Å².